The Hall–Kier alpha value is -3.08. The van der Waals surface area contributed by atoms with E-state index >= 15 is 0 Å². The molecule has 1 heterocycles. The zero-order chi connectivity index (χ0) is 20.3. The normalized spacial score (nSPS) is 14.7. The fraction of sp³-hybridized carbons (Fsp3) is 0.300. The Kier molecular flexibility index (Phi) is 5.54. The molecule has 0 spiro atoms. The first-order valence-electron chi connectivity index (χ1n) is 8.67. The van der Waals surface area contributed by atoms with Crippen LogP contribution in [0.5, 0.6) is 0 Å². The van der Waals surface area contributed by atoms with E-state index in [0.29, 0.717) is 31.7 Å². The molecular formula is C20H17F4N3O. The SMILES string of the molecule is N#Cc1cccc(F)c1N1CCN(C(=O)Cc2ccc(C(F)(F)F)cc2)CC1. The Morgan fingerprint density at radius 1 is 1.04 bits per heavy atom. The van der Waals surface area contributed by atoms with Gasteiger partial charge in [0.05, 0.1) is 23.2 Å². The van der Waals surface area contributed by atoms with Gasteiger partial charge in [0.25, 0.3) is 0 Å². The average Bonchev–Trinajstić information content (AvgIpc) is 2.67. The molecule has 28 heavy (non-hydrogen) atoms. The average molecular weight is 391 g/mol. The van der Waals surface area contributed by atoms with Gasteiger partial charge in [-0.05, 0) is 29.8 Å². The van der Waals surface area contributed by atoms with Gasteiger partial charge >= 0.3 is 6.18 Å². The lowest BCUT2D eigenvalue weighted by Crippen LogP contribution is -2.49. The predicted molar refractivity (Wildman–Crippen MR) is 95.1 cm³/mol. The first kappa shape index (κ1) is 19.7. The van der Waals surface area contributed by atoms with Gasteiger partial charge < -0.3 is 9.80 Å². The monoisotopic (exact) mass is 391 g/mol. The summed E-state index contributed by atoms with van der Waals surface area (Å²) in [4.78, 5) is 15.8. The first-order chi connectivity index (χ1) is 13.3. The first-order valence-corrected chi connectivity index (χ1v) is 8.67. The largest absolute Gasteiger partial charge is 0.416 e. The molecule has 4 nitrogen and oxygen atoms in total. The van der Waals surface area contributed by atoms with Crippen LogP contribution in [-0.4, -0.2) is 37.0 Å². The number of rotatable bonds is 3. The zero-order valence-electron chi connectivity index (χ0n) is 14.8. The summed E-state index contributed by atoms with van der Waals surface area (Å²) in [6.45, 7) is 1.43. The van der Waals surface area contributed by atoms with Crippen molar-refractivity contribution < 1.29 is 22.4 Å². The minimum absolute atomic E-state index is 0.00127. The second-order valence-electron chi connectivity index (χ2n) is 6.49. The van der Waals surface area contributed by atoms with Crippen molar-refractivity contribution in [2.45, 2.75) is 12.6 Å². The molecule has 1 amide bonds. The van der Waals surface area contributed by atoms with Crippen molar-refractivity contribution in [1.29, 1.82) is 5.26 Å². The number of carbonyl (C=O) groups excluding carboxylic acids is 1. The van der Waals surface area contributed by atoms with Crippen LogP contribution in [0.4, 0.5) is 23.2 Å². The summed E-state index contributed by atoms with van der Waals surface area (Å²) in [6.07, 6.45) is -4.41. The van der Waals surface area contributed by atoms with E-state index in [-0.39, 0.29) is 23.6 Å². The van der Waals surface area contributed by atoms with Gasteiger partial charge in [0, 0.05) is 26.2 Å². The summed E-state index contributed by atoms with van der Waals surface area (Å²) >= 11 is 0. The second-order valence-corrected chi connectivity index (χ2v) is 6.49. The molecule has 1 aliphatic heterocycles. The van der Waals surface area contributed by atoms with Crippen LogP contribution in [-0.2, 0) is 17.4 Å². The van der Waals surface area contributed by atoms with E-state index in [0.717, 1.165) is 12.1 Å². The minimum Gasteiger partial charge on any atom is -0.365 e. The molecule has 1 saturated heterocycles. The van der Waals surface area contributed by atoms with Crippen LogP contribution in [0.1, 0.15) is 16.7 Å². The molecule has 0 atom stereocenters. The van der Waals surface area contributed by atoms with Gasteiger partial charge in [-0.25, -0.2) is 4.39 Å². The number of nitrogens with zero attached hydrogens (tertiary/aromatic N) is 3. The third-order valence-corrected chi connectivity index (χ3v) is 4.69. The van der Waals surface area contributed by atoms with E-state index in [2.05, 4.69) is 0 Å². The summed E-state index contributed by atoms with van der Waals surface area (Å²) < 4.78 is 51.9. The van der Waals surface area contributed by atoms with Crippen molar-refractivity contribution in [3.8, 4) is 6.07 Å². The lowest BCUT2D eigenvalue weighted by Gasteiger charge is -2.36. The maximum absolute atomic E-state index is 14.1. The molecule has 146 valence electrons. The molecule has 0 radical (unpaired) electrons. The Bertz CT molecular complexity index is 895. The van der Waals surface area contributed by atoms with Crippen molar-refractivity contribution in [2.24, 2.45) is 0 Å². The van der Waals surface area contributed by atoms with Gasteiger partial charge in [0.2, 0.25) is 5.91 Å². The highest BCUT2D eigenvalue weighted by Crippen LogP contribution is 2.29. The lowest BCUT2D eigenvalue weighted by molar-refractivity contribution is -0.137. The number of alkyl halides is 3. The summed E-state index contributed by atoms with van der Waals surface area (Å²) in [6, 6.07) is 10.8. The zero-order valence-corrected chi connectivity index (χ0v) is 14.8. The molecule has 0 unspecified atom stereocenters. The Morgan fingerprint density at radius 2 is 1.68 bits per heavy atom. The van der Waals surface area contributed by atoms with Crippen molar-refractivity contribution in [1.82, 2.24) is 4.90 Å². The number of para-hydroxylation sites is 1. The van der Waals surface area contributed by atoms with E-state index in [1.165, 1.54) is 24.3 Å². The molecule has 0 aliphatic carbocycles. The highest BCUT2D eigenvalue weighted by Gasteiger charge is 2.30. The number of benzene rings is 2. The second kappa shape index (κ2) is 7.89. The number of anilines is 1. The molecule has 1 aliphatic rings. The Morgan fingerprint density at radius 3 is 2.25 bits per heavy atom. The van der Waals surface area contributed by atoms with E-state index in [1.807, 2.05) is 6.07 Å². The molecule has 0 bridgehead atoms. The molecule has 0 aromatic heterocycles. The fourth-order valence-corrected chi connectivity index (χ4v) is 3.20. The number of nitriles is 1. The third kappa shape index (κ3) is 4.25. The van der Waals surface area contributed by atoms with Crippen LogP contribution in [0.15, 0.2) is 42.5 Å². The fourth-order valence-electron chi connectivity index (χ4n) is 3.20. The van der Waals surface area contributed by atoms with Crippen LogP contribution in [0.3, 0.4) is 0 Å². The van der Waals surface area contributed by atoms with Gasteiger partial charge in [-0.2, -0.15) is 18.4 Å². The quantitative estimate of drug-likeness (QED) is 0.751. The Balaban J connectivity index is 1.61. The van der Waals surface area contributed by atoms with Crippen LogP contribution in [0.25, 0.3) is 0 Å². The number of hydrogen-bond acceptors (Lipinski definition) is 3. The number of amides is 1. The summed E-state index contributed by atoms with van der Waals surface area (Å²) in [5, 5.41) is 9.17. The smallest absolute Gasteiger partial charge is 0.365 e. The highest BCUT2D eigenvalue weighted by atomic mass is 19.4. The molecule has 1 fully saturated rings. The molecule has 2 aromatic rings. The summed E-state index contributed by atoms with van der Waals surface area (Å²) in [5.41, 5.74) is 0.223. The molecule has 0 N–H and O–H groups in total. The summed E-state index contributed by atoms with van der Waals surface area (Å²) in [5.74, 6) is -0.683. The predicted octanol–water partition coefficient (Wildman–Crippen LogP) is 3.61. The van der Waals surface area contributed by atoms with E-state index in [4.69, 9.17) is 5.26 Å². The maximum atomic E-state index is 14.1. The van der Waals surface area contributed by atoms with Crippen LogP contribution in [0, 0.1) is 17.1 Å². The van der Waals surface area contributed by atoms with Gasteiger partial charge in [0.15, 0.2) is 0 Å². The van der Waals surface area contributed by atoms with Gasteiger partial charge in [-0.15, -0.1) is 0 Å². The summed E-state index contributed by atoms with van der Waals surface area (Å²) in [7, 11) is 0. The maximum Gasteiger partial charge on any atom is 0.416 e. The molecular weight excluding hydrogens is 374 g/mol. The lowest BCUT2D eigenvalue weighted by atomic mass is 10.1. The van der Waals surface area contributed by atoms with Crippen molar-refractivity contribution in [3.05, 3.63) is 65.0 Å². The van der Waals surface area contributed by atoms with Crippen molar-refractivity contribution in [3.63, 3.8) is 0 Å². The number of halogens is 4. The Labute approximate surface area is 159 Å². The van der Waals surface area contributed by atoms with E-state index in [1.54, 1.807) is 15.9 Å². The number of hydrogen-bond donors (Lipinski definition) is 0. The van der Waals surface area contributed by atoms with Crippen molar-refractivity contribution in [2.75, 3.05) is 31.1 Å². The van der Waals surface area contributed by atoms with Crippen LogP contribution < -0.4 is 4.90 Å². The van der Waals surface area contributed by atoms with E-state index in [9.17, 15) is 22.4 Å². The highest BCUT2D eigenvalue weighted by molar-refractivity contribution is 5.79. The van der Waals surface area contributed by atoms with Gasteiger partial charge in [-0.1, -0.05) is 18.2 Å². The standard InChI is InChI=1S/C20H17F4N3O/c21-17-3-1-2-15(13-25)19(17)27-10-8-26(9-11-27)18(28)12-14-4-6-16(7-5-14)20(22,23)24/h1-7H,8-12H2. The van der Waals surface area contributed by atoms with Gasteiger partial charge in [0.1, 0.15) is 11.9 Å². The van der Waals surface area contributed by atoms with Crippen LogP contribution >= 0.6 is 0 Å². The van der Waals surface area contributed by atoms with Crippen LogP contribution in [0.2, 0.25) is 0 Å². The topological polar surface area (TPSA) is 47.3 Å². The molecule has 8 heteroatoms. The van der Waals surface area contributed by atoms with Gasteiger partial charge in [-0.3, -0.25) is 4.79 Å². The molecule has 0 saturated carbocycles. The molecule has 3 rings (SSSR count). The van der Waals surface area contributed by atoms with E-state index < -0.39 is 17.6 Å². The number of carbonyl (C=O) groups is 1. The molecule has 2 aromatic carbocycles. The van der Waals surface area contributed by atoms with Crippen molar-refractivity contribution >= 4 is 11.6 Å². The minimum atomic E-state index is -4.41. The third-order valence-electron chi connectivity index (χ3n) is 4.69. The number of piperazine rings is 1.